The van der Waals surface area contributed by atoms with Crippen molar-refractivity contribution in [2.75, 3.05) is 26.4 Å². The fourth-order valence-electron chi connectivity index (χ4n) is 3.15. The Balaban J connectivity index is 2.97. The van der Waals surface area contributed by atoms with Crippen LogP contribution in [0.3, 0.4) is 0 Å². The van der Waals surface area contributed by atoms with E-state index in [-0.39, 0.29) is 5.57 Å². The second-order valence-corrected chi connectivity index (χ2v) is 8.43. The Labute approximate surface area is 213 Å². The second-order valence-electron chi connectivity index (χ2n) is 8.43. The van der Waals surface area contributed by atoms with Crippen molar-refractivity contribution in [3.63, 3.8) is 0 Å². The van der Waals surface area contributed by atoms with Gasteiger partial charge in [-0.05, 0) is 26.2 Å². The van der Waals surface area contributed by atoms with Gasteiger partial charge in [-0.3, -0.25) is 14.4 Å². The fraction of sp³-hybridized carbons (Fsp3) is 0.714. The van der Waals surface area contributed by atoms with E-state index in [2.05, 4.69) is 20.8 Å². The molecule has 0 spiro atoms. The molecule has 0 amide bonds. The summed E-state index contributed by atoms with van der Waals surface area (Å²) in [6, 6.07) is 0. The zero-order valence-electron chi connectivity index (χ0n) is 19.9. The van der Waals surface area contributed by atoms with Crippen molar-refractivity contribution >= 4 is 23.9 Å². The summed E-state index contributed by atoms with van der Waals surface area (Å²) in [4.78, 5) is 48.2. The van der Waals surface area contributed by atoms with E-state index in [4.69, 9.17) is 4.74 Å². The van der Waals surface area contributed by atoms with Gasteiger partial charge in [0.2, 0.25) is 0 Å². The standard InChI is InChI=1S/C21H22F10O8/c1-10(2)14(32)36-5-6-37-16(34)12-4-3-11(15(33)38-8-18(22,23)20(26,27)28)7-13(12)17(35)39-9-19(24,25)21(29,30)31/h11-13H,1,3-9H2,2H3. The molecule has 0 aliphatic heterocycles. The van der Waals surface area contributed by atoms with E-state index in [1.807, 2.05) is 0 Å². The minimum absolute atomic E-state index is 0.00185. The van der Waals surface area contributed by atoms with Crippen LogP contribution in [0.15, 0.2) is 12.2 Å². The topological polar surface area (TPSA) is 105 Å². The smallest absolute Gasteiger partial charge is 0.456 e. The molecule has 1 aliphatic rings. The third kappa shape index (κ3) is 9.56. The van der Waals surface area contributed by atoms with Crippen LogP contribution in [0.4, 0.5) is 43.9 Å². The minimum Gasteiger partial charge on any atom is -0.462 e. The number of hydrogen-bond acceptors (Lipinski definition) is 8. The number of carbonyl (C=O) groups excluding carboxylic acids is 4. The lowest BCUT2D eigenvalue weighted by Crippen LogP contribution is -2.45. The van der Waals surface area contributed by atoms with Crippen LogP contribution in [0.2, 0.25) is 0 Å². The van der Waals surface area contributed by atoms with Crippen LogP contribution in [-0.4, -0.2) is 74.5 Å². The molecule has 0 saturated heterocycles. The first kappa shape index (κ1) is 33.9. The highest BCUT2D eigenvalue weighted by atomic mass is 19.4. The van der Waals surface area contributed by atoms with Gasteiger partial charge in [0.05, 0.1) is 17.8 Å². The molecular weight excluding hydrogens is 570 g/mol. The summed E-state index contributed by atoms with van der Waals surface area (Å²) in [6.07, 6.45) is -14.1. The molecule has 0 heterocycles. The van der Waals surface area contributed by atoms with E-state index in [0.29, 0.717) is 0 Å². The fourth-order valence-corrected chi connectivity index (χ4v) is 3.15. The Morgan fingerprint density at radius 3 is 1.56 bits per heavy atom. The number of alkyl halides is 10. The van der Waals surface area contributed by atoms with E-state index in [0.717, 1.165) is 0 Å². The maximum Gasteiger partial charge on any atom is 0.456 e. The van der Waals surface area contributed by atoms with Gasteiger partial charge in [-0.1, -0.05) is 6.58 Å². The summed E-state index contributed by atoms with van der Waals surface area (Å²) < 4.78 is 144. The summed E-state index contributed by atoms with van der Waals surface area (Å²) >= 11 is 0. The summed E-state index contributed by atoms with van der Waals surface area (Å²) in [5.74, 6) is -21.7. The van der Waals surface area contributed by atoms with E-state index in [1.165, 1.54) is 6.92 Å². The largest absolute Gasteiger partial charge is 0.462 e. The Hall–Kier alpha value is -3.08. The van der Waals surface area contributed by atoms with Gasteiger partial charge in [-0.2, -0.15) is 43.9 Å². The summed E-state index contributed by atoms with van der Waals surface area (Å²) in [7, 11) is 0. The van der Waals surface area contributed by atoms with Crippen LogP contribution in [0, 0.1) is 17.8 Å². The molecule has 3 atom stereocenters. The van der Waals surface area contributed by atoms with E-state index < -0.39 is 112 Å². The highest BCUT2D eigenvalue weighted by molar-refractivity contribution is 5.87. The van der Waals surface area contributed by atoms with Crippen molar-refractivity contribution in [2.24, 2.45) is 17.8 Å². The van der Waals surface area contributed by atoms with Crippen LogP contribution in [0.1, 0.15) is 26.2 Å². The van der Waals surface area contributed by atoms with Gasteiger partial charge >= 0.3 is 48.1 Å². The van der Waals surface area contributed by atoms with Gasteiger partial charge < -0.3 is 18.9 Å². The maximum absolute atomic E-state index is 13.2. The monoisotopic (exact) mass is 592 g/mol. The van der Waals surface area contributed by atoms with Crippen molar-refractivity contribution in [3.05, 3.63) is 12.2 Å². The average Bonchev–Trinajstić information content (AvgIpc) is 2.81. The van der Waals surface area contributed by atoms with E-state index >= 15 is 0 Å². The number of halogens is 10. The molecule has 0 N–H and O–H groups in total. The first-order chi connectivity index (χ1) is 17.6. The molecular formula is C21H22F10O8. The second kappa shape index (κ2) is 12.8. The Kier molecular flexibility index (Phi) is 11.2. The molecule has 0 aromatic heterocycles. The third-order valence-electron chi connectivity index (χ3n) is 5.32. The van der Waals surface area contributed by atoms with Crippen molar-refractivity contribution in [3.8, 4) is 0 Å². The number of carbonyl (C=O) groups is 4. The lowest BCUT2D eigenvalue weighted by molar-refractivity contribution is -0.295. The van der Waals surface area contributed by atoms with Crippen molar-refractivity contribution in [1.29, 1.82) is 0 Å². The number of ether oxygens (including phenoxy) is 4. The molecule has 3 unspecified atom stereocenters. The van der Waals surface area contributed by atoms with Crippen LogP contribution < -0.4 is 0 Å². The molecule has 224 valence electrons. The lowest BCUT2D eigenvalue weighted by Gasteiger charge is -2.33. The van der Waals surface area contributed by atoms with Gasteiger partial charge in [-0.25, -0.2) is 4.79 Å². The van der Waals surface area contributed by atoms with E-state index in [9.17, 15) is 63.1 Å². The van der Waals surface area contributed by atoms with Crippen molar-refractivity contribution in [1.82, 2.24) is 0 Å². The van der Waals surface area contributed by atoms with Crippen LogP contribution >= 0.6 is 0 Å². The van der Waals surface area contributed by atoms with Crippen molar-refractivity contribution in [2.45, 2.75) is 50.4 Å². The molecule has 1 saturated carbocycles. The predicted octanol–water partition coefficient (Wildman–Crippen LogP) is 4.16. The molecule has 18 heteroatoms. The Morgan fingerprint density at radius 1 is 0.667 bits per heavy atom. The first-order valence-corrected chi connectivity index (χ1v) is 10.8. The Bertz CT molecular complexity index is 929. The van der Waals surface area contributed by atoms with Gasteiger partial charge in [0, 0.05) is 5.57 Å². The van der Waals surface area contributed by atoms with Crippen LogP contribution in [0.5, 0.6) is 0 Å². The molecule has 39 heavy (non-hydrogen) atoms. The summed E-state index contributed by atoms with van der Waals surface area (Å²) in [5, 5.41) is 0. The van der Waals surface area contributed by atoms with Gasteiger partial charge in [-0.15, -0.1) is 0 Å². The number of esters is 4. The number of hydrogen-bond donors (Lipinski definition) is 0. The zero-order valence-corrected chi connectivity index (χ0v) is 19.9. The number of rotatable bonds is 11. The zero-order chi connectivity index (χ0) is 30.4. The third-order valence-corrected chi connectivity index (χ3v) is 5.32. The van der Waals surface area contributed by atoms with E-state index in [1.54, 1.807) is 0 Å². The molecule has 0 aromatic rings. The minimum atomic E-state index is -6.12. The normalized spacial score (nSPS) is 20.5. The van der Waals surface area contributed by atoms with Gasteiger partial charge in [0.25, 0.3) is 0 Å². The predicted molar refractivity (Wildman–Crippen MR) is 105 cm³/mol. The SMILES string of the molecule is C=C(C)C(=O)OCCOC(=O)C1CCC(C(=O)OCC(F)(F)C(F)(F)F)CC1C(=O)OCC(F)(F)C(F)(F)F. The molecule has 1 aliphatic carbocycles. The lowest BCUT2D eigenvalue weighted by atomic mass is 9.74. The van der Waals surface area contributed by atoms with Gasteiger partial charge in [0.15, 0.2) is 13.2 Å². The summed E-state index contributed by atoms with van der Waals surface area (Å²) in [6.45, 7) is -1.43. The molecule has 1 rings (SSSR count). The highest BCUT2D eigenvalue weighted by Crippen LogP contribution is 2.40. The average molecular weight is 592 g/mol. The Morgan fingerprint density at radius 2 is 1.10 bits per heavy atom. The molecule has 0 bridgehead atoms. The maximum atomic E-state index is 13.2. The van der Waals surface area contributed by atoms with Crippen molar-refractivity contribution < 1.29 is 82.0 Å². The molecule has 0 aromatic carbocycles. The van der Waals surface area contributed by atoms with Crippen LogP contribution in [0.25, 0.3) is 0 Å². The molecule has 8 nitrogen and oxygen atoms in total. The molecule has 1 fully saturated rings. The first-order valence-electron chi connectivity index (χ1n) is 10.8. The highest BCUT2D eigenvalue weighted by Gasteiger charge is 2.60. The summed E-state index contributed by atoms with van der Waals surface area (Å²) in [5.41, 5.74) is -0.00185. The van der Waals surface area contributed by atoms with Gasteiger partial charge in [0.1, 0.15) is 13.2 Å². The molecule has 0 radical (unpaired) electrons. The quantitative estimate of drug-likeness (QED) is 0.116. The van der Waals surface area contributed by atoms with Crippen LogP contribution in [-0.2, 0) is 38.1 Å².